The molecule has 1 aliphatic rings. The van der Waals surface area contributed by atoms with E-state index in [2.05, 4.69) is 19.2 Å². The van der Waals surface area contributed by atoms with Crippen molar-refractivity contribution in [2.75, 3.05) is 11.9 Å². The van der Waals surface area contributed by atoms with E-state index in [9.17, 15) is 0 Å². The molecule has 0 radical (unpaired) electrons. The van der Waals surface area contributed by atoms with Gasteiger partial charge >= 0.3 is 0 Å². The normalized spacial score (nSPS) is 19.9. The molecule has 1 unspecified atom stereocenters. The van der Waals surface area contributed by atoms with Crippen LogP contribution < -0.4 is 5.32 Å². The molecule has 0 spiro atoms. The van der Waals surface area contributed by atoms with E-state index in [0.29, 0.717) is 21.2 Å². The fourth-order valence-corrected chi connectivity index (χ4v) is 3.15. The highest BCUT2D eigenvalue weighted by Crippen LogP contribution is 2.41. The van der Waals surface area contributed by atoms with Gasteiger partial charge in [0, 0.05) is 22.4 Å². The zero-order chi connectivity index (χ0) is 11.0. The first-order valence-corrected chi connectivity index (χ1v) is 6.61. The molecular weight excluding hydrogens is 249 g/mol. The van der Waals surface area contributed by atoms with Gasteiger partial charge in [0.05, 0.1) is 10.0 Å². The molecule has 0 aliphatic carbocycles. The highest BCUT2D eigenvalue weighted by atomic mass is 35.5. The lowest BCUT2D eigenvalue weighted by atomic mass is 10.1. The molecule has 0 fully saturated rings. The summed E-state index contributed by atoms with van der Waals surface area (Å²) in [5.41, 5.74) is 1.10. The lowest BCUT2D eigenvalue weighted by Gasteiger charge is -2.28. The molecule has 1 nitrogen and oxygen atoms in total. The van der Waals surface area contributed by atoms with Crippen LogP contribution in [0.15, 0.2) is 17.0 Å². The zero-order valence-corrected chi connectivity index (χ0v) is 11.0. The second kappa shape index (κ2) is 4.44. The van der Waals surface area contributed by atoms with E-state index >= 15 is 0 Å². The van der Waals surface area contributed by atoms with Gasteiger partial charge in [0.1, 0.15) is 0 Å². The molecule has 1 N–H and O–H groups in total. The molecule has 0 amide bonds. The molecule has 2 rings (SSSR count). The topological polar surface area (TPSA) is 12.0 Å². The maximum absolute atomic E-state index is 6.00. The molecule has 0 saturated heterocycles. The summed E-state index contributed by atoms with van der Waals surface area (Å²) in [7, 11) is 0. The Bertz CT molecular complexity index is 379. The summed E-state index contributed by atoms with van der Waals surface area (Å²) in [5, 5.41) is 5.25. The van der Waals surface area contributed by atoms with Gasteiger partial charge in [-0.2, -0.15) is 0 Å². The Labute approximate surface area is 105 Å². The molecule has 0 saturated carbocycles. The van der Waals surface area contributed by atoms with E-state index in [4.69, 9.17) is 23.2 Å². The summed E-state index contributed by atoms with van der Waals surface area (Å²) in [4.78, 5) is 1.20. The van der Waals surface area contributed by atoms with E-state index in [1.54, 1.807) is 0 Å². The number of benzene rings is 1. The Balaban J connectivity index is 2.30. The molecule has 0 bridgehead atoms. The quantitative estimate of drug-likeness (QED) is 0.797. The van der Waals surface area contributed by atoms with E-state index in [1.165, 1.54) is 4.90 Å². The highest BCUT2D eigenvalue weighted by Gasteiger charge is 2.22. The van der Waals surface area contributed by atoms with Crippen LogP contribution in [-0.2, 0) is 0 Å². The van der Waals surface area contributed by atoms with Crippen molar-refractivity contribution in [2.45, 2.75) is 24.0 Å². The largest absolute Gasteiger partial charge is 0.383 e. The number of hydrogen-bond donors (Lipinski definition) is 1. The molecule has 82 valence electrons. The first-order chi connectivity index (χ1) is 7.08. The second-order valence-corrected chi connectivity index (χ2v) is 6.14. The summed E-state index contributed by atoms with van der Waals surface area (Å²) in [6, 6.07) is 3.86. The van der Waals surface area contributed by atoms with Crippen molar-refractivity contribution in [1.82, 2.24) is 0 Å². The number of halogens is 2. The fraction of sp³-hybridized carbons (Fsp3) is 0.455. The van der Waals surface area contributed by atoms with Crippen LogP contribution in [-0.4, -0.2) is 11.8 Å². The van der Waals surface area contributed by atoms with Crippen LogP contribution in [0.1, 0.15) is 13.8 Å². The van der Waals surface area contributed by atoms with Gasteiger partial charge in [-0.15, -0.1) is 11.8 Å². The fourth-order valence-electron chi connectivity index (χ4n) is 1.55. The van der Waals surface area contributed by atoms with E-state index in [1.807, 2.05) is 23.9 Å². The number of rotatable bonds is 1. The lowest BCUT2D eigenvalue weighted by Crippen LogP contribution is -2.25. The molecule has 15 heavy (non-hydrogen) atoms. The smallest absolute Gasteiger partial charge is 0.0613 e. The van der Waals surface area contributed by atoms with E-state index in [-0.39, 0.29) is 0 Å². The van der Waals surface area contributed by atoms with Crippen molar-refractivity contribution in [3.05, 3.63) is 22.2 Å². The van der Waals surface area contributed by atoms with Gasteiger partial charge in [-0.3, -0.25) is 0 Å². The van der Waals surface area contributed by atoms with E-state index < -0.39 is 0 Å². The zero-order valence-electron chi connectivity index (χ0n) is 8.68. The molecule has 4 heteroatoms. The molecule has 1 heterocycles. The van der Waals surface area contributed by atoms with Crippen LogP contribution >= 0.6 is 35.0 Å². The maximum Gasteiger partial charge on any atom is 0.0613 e. The molecule has 0 aromatic heterocycles. The van der Waals surface area contributed by atoms with Crippen molar-refractivity contribution in [2.24, 2.45) is 5.92 Å². The van der Waals surface area contributed by atoms with Gasteiger partial charge in [-0.05, 0) is 18.1 Å². The number of anilines is 1. The Morgan fingerprint density at radius 1 is 1.33 bits per heavy atom. The van der Waals surface area contributed by atoms with Gasteiger partial charge in [-0.1, -0.05) is 37.0 Å². The number of thioether (sulfide) groups is 1. The Kier molecular flexibility index (Phi) is 3.39. The Morgan fingerprint density at radius 2 is 2.00 bits per heavy atom. The van der Waals surface area contributed by atoms with Gasteiger partial charge in [0.15, 0.2) is 0 Å². The highest BCUT2D eigenvalue weighted by molar-refractivity contribution is 8.00. The van der Waals surface area contributed by atoms with Crippen LogP contribution in [0.5, 0.6) is 0 Å². The number of fused-ring (bicyclic) bond motifs is 1. The van der Waals surface area contributed by atoms with Crippen LogP contribution in [0, 0.1) is 5.92 Å². The average Bonchev–Trinajstić information content (AvgIpc) is 2.19. The van der Waals surface area contributed by atoms with Crippen LogP contribution in [0.2, 0.25) is 10.0 Å². The summed E-state index contributed by atoms with van der Waals surface area (Å²) in [5.74, 6) is 0.658. The monoisotopic (exact) mass is 261 g/mol. The minimum atomic E-state index is 0.606. The predicted molar refractivity (Wildman–Crippen MR) is 69.4 cm³/mol. The third-order valence-corrected chi connectivity index (χ3v) is 4.87. The van der Waals surface area contributed by atoms with Crippen molar-refractivity contribution in [3.8, 4) is 0 Å². The third kappa shape index (κ3) is 2.38. The summed E-state index contributed by atoms with van der Waals surface area (Å²) in [6.07, 6.45) is 0. The SMILES string of the molecule is CC(C)C1CNc2cc(Cl)c(Cl)cc2S1. The van der Waals surface area contributed by atoms with Crippen LogP contribution in [0.25, 0.3) is 0 Å². The first kappa shape index (κ1) is 11.4. The standard InChI is InChI=1S/C11H13Cl2NS/c1-6(2)11-5-14-9-3-7(12)8(13)4-10(9)15-11/h3-4,6,11,14H,5H2,1-2H3. The predicted octanol–water partition coefficient (Wildman–Crippen LogP) is 4.54. The maximum atomic E-state index is 6.00. The molecule has 1 aromatic rings. The summed E-state index contributed by atoms with van der Waals surface area (Å²) in [6.45, 7) is 5.47. The Hall–Kier alpha value is -0.0500. The van der Waals surface area contributed by atoms with Gasteiger partial charge in [-0.25, -0.2) is 0 Å². The summed E-state index contributed by atoms with van der Waals surface area (Å²) >= 11 is 13.8. The van der Waals surface area contributed by atoms with Gasteiger partial charge < -0.3 is 5.32 Å². The van der Waals surface area contributed by atoms with Crippen molar-refractivity contribution >= 4 is 40.7 Å². The number of nitrogens with one attached hydrogen (secondary N) is 1. The lowest BCUT2D eigenvalue weighted by molar-refractivity contribution is 0.620. The van der Waals surface area contributed by atoms with Crippen LogP contribution in [0.4, 0.5) is 5.69 Å². The average molecular weight is 262 g/mol. The molecular formula is C11H13Cl2NS. The van der Waals surface area contributed by atoms with Crippen LogP contribution in [0.3, 0.4) is 0 Å². The minimum Gasteiger partial charge on any atom is -0.383 e. The number of hydrogen-bond acceptors (Lipinski definition) is 2. The summed E-state index contributed by atoms with van der Waals surface area (Å²) < 4.78 is 0. The molecule has 1 aromatic carbocycles. The molecule has 1 atom stereocenters. The van der Waals surface area contributed by atoms with Crippen molar-refractivity contribution < 1.29 is 0 Å². The van der Waals surface area contributed by atoms with E-state index in [0.717, 1.165) is 12.2 Å². The molecule has 1 aliphatic heterocycles. The first-order valence-electron chi connectivity index (χ1n) is 4.97. The van der Waals surface area contributed by atoms with Gasteiger partial charge in [0.2, 0.25) is 0 Å². The van der Waals surface area contributed by atoms with Gasteiger partial charge in [0.25, 0.3) is 0 Å². The third-order valence-electron chi connectivity index (χ3n) is 2.54. The Morgan fingerprint density at radius 3 is 2.67 bits per heavy atom. The minimum absolute atomic E-state index is 0.606. The second-order valence-electron chi connectivity index (χ2n) is 4.04. The van der Waals surface area contributed by atoms with Crippen molar-refractivity contribution in [1.29, 1.82) is 0 Å². The van der Waals surface area contributed by atoms with Crippen molar-refractivity contribution in [3.63, 3.8) is 0 Å².